The molecule has 0 bridgehead atoms. The Balaban J connectivity index is 1.57. The number of nitrogens with one attached hydrogen (secondary N) is 1. The third-order valence-corrected chi connectivity index (χ3v) is 4.63. The zero-order valence-electron chi connectivity index (χ0n) is 14.9. The second kappa shape index (κ2) is 7.49. The lowest BCUT2D eigenvalue weighted by Crippen LogP contribution is -2.31. The average Bonchev–Trinajstić information content (AvgIpc) is 2.74. The minimum atomic E-state index is -0.160. The summed E-state index contributed by atoms with van der Waals surface area (Å²) in [6.45, 7) is 0. The van der Waals surface area contributed by atoms with Gasteiger partial charge in [-0.25, -0.2) is 15.0 Å². The van der Waals surface area contributed by atoms with Gasteiger partial charge in [0.1, 0.15) is 0 Å². The monoisotopic (exact) mass is 361 g/mol. The normalized spacial score (nSPS) is 15.7. The fraction of sp³-hybridized carbons (Fsp3) is 0.250. The Kier molecular flexibility index (Phi) is 4.74. The second-order valence-electron chi connectivity index (χ2n) is 6.34. The number of ether oxygens (including phenoxy) is 1. The van der Waals surface area contributed by atoms with Gasteiger partial charge in [-0.3, -0.25) is 9.78 Å². The van der Waals surface area contributed by atoms with Gasteiger partial charge in [-0.15, -0.1) is 0 Å². The lowest BCUT2D eigenvalue weighted by atomic mass is 9.92. The molecule has 1 aliphatic rings. The van der Waals surface area contributed by atoms with E-state index in [0.717, 1.165) is 36.1 Å². The van der Waals surface area contributed by atoms with Crippen LogP contribution in [0.15, 0.2) is 49.1 Å². The summed E-state index contributed by atoms with van der Waals surface area (Å²) in [6.07, 6.45) is 9.55. The van der Waals surface area contributed by atoms with E-state index in [4.69, 9.17) is 9.72 Å². The Morgan fingerprint density at radius 3 is 2.85 bits per heavy atom. The summed E-state index contributed by atoms with van der Waals surface area (Å²) in [4.78, 5) is 29.9. The Hall–Kier alpha value is -3.35. The molecule has 3 aromatic rings. The van der Waals surface area contributed by atoms with Gasteiger partial charge >= 0.3 is 0 Å². The maximum absolute atomic E-state index is 12.6. The molecule has 136 valence electrons. The molecule has 27 heavy (non-hydrogen) atoms. The smallest absolute Gasteiger partial charge is 0.252 e. The van der Waals surface area contributed by atoms with Gasteiger partial charge in [0.15, 0.2) is 5.82 Å². The highest BCUT2D eigenvalue weighted by Crippen LogP contribution is 2.29. The third kappa shape index (κ3) is 3.62. The van der Waals surface area contributed by atoms with Crippen molar-refractivity contribution >= 4 is 5.91 Å². The molecule has 0 fully saturated rings. The Labute approximate surface area is 156 Å². The minimum Gasteiger partial charge on any atom is -0.481 e. The molecule has 1 N–H and O–H groups in total. The Morgan fingerprint density at radius 2 is 2.04 bits per heavy atom. The molecule has 0 saturated heterocycles. The van der Waals surface area contributed by atoms with Gasteiger partial charge in [0.05, 0.1) is 13.2 Å². The summed E-state index contributed by atoms with van der Waals surface area (Å²) in [5.41, 5.74) is 3.42. The highest BCUT2D eigenvalue weighted by Gasteiger charge is 2.24. The molecule has 1 atom stereocenters. The van der Waals surface area contributed by atoms with Crippen LogP contribution < -0.4 is 10.1 Å². The van der Waals surface area contributed by atoms with Crippen molar-refractivity contribution in [3.63, 3.8) is 0 Å². The maximum atomic E-state index is 12.6. The van der Waals surface area contributed by atoms with Crippen LogP contribution in [0, 0.1) is 0 Å². The number of aromatic nitrogens is 4. The SMILES string of the molecule is COc1cc(C(=O)N[C@@H]2CCCc3nc(-c4ccncc4)ncc32)ccn1. The van der Waals surface area contributed by atoms with Crippen molar-refractivity contribution < 1.29 is 9.53 Å². The van der Waals surface area contributed by atoms with Gasteiger partial charge in [0.2, 0.25) is 5.88 Å². The van der Waals surface area contributed by atoms with Crippen LogP contribution in [0.4, 0.5) is 0 Å². The average molecular weight is 361 g/mol. The molecule has 0 radical (unpaired) electrons. The van der Waals surface area contributed by atoms with Crippen LogP contribution in [0.2, 0.25) is 0 Å². The number of methoxy groups -OCH3 is 1. The topological polar surface area (TPSA) is 89.9 Å². The number of pyridine rings is 2. The second-order valence-corrected chi connectivity index (χ2v) is 6.34. The van der Waals surface area contributed by atoms with Gasteiger partial charge in [0, 0.05) is 53.2 Å². The van der Waals surface area contributed by atoms with E-state index >= 15 is 0 Å². The lowest BCUT2D eigenvalue weighted by molar-refractivity contribution is 0.0932. The minimum absolute atomic E-state index is 0.105. The summed E-state index contributed by atoms with van der Waals surface area (Å²) in [7, 11) is 1.53. The van der Waals surface area contributed by atoms with E-state index in [2.05, 4.69) is 20.3 Å². The number of amides is 1. The van der Waals surface area contributed by atoms with Crippen molar-refractivity contribution in [2.45, 2.75) is 25.3 Å². The van der Waals surface area contributed by atoms with E-state index in [0.29, 0.717) is 17.3 Å². The third-order valence-electron chi connectivity index (χ3n) is 4.63. The molecule has 0 aliphatic heterocycles. The van der Waals surface area contributed by atoms with E-state index < -0.39 is 0 Å². The number of nitrogens with zero attached hydrogens (tertiary/aromatic N) is 4. The predicted octanol–water partition coefficient (Wildman–Crippen LogP) is 2.75. The van der Waals surface area contributed by atoms with Crippen LogP contribution in [-0.2, 0) is 6.42 Å². The number of fused-ring (bicyclic) bond motifs is 1. The first-order valence-electron chi connectivity index (χ1n) is 8.81. The first kappa shape index (κ1) is 17.1. The first-order chi connectivity index (χ1) is 13.2. The lowest BCUT2D eigenvalue weighted by Gasteiger charge is -2.25. The number of carbonyl (C=O) groups excluding carboxylic acids is 1. The zero-order chi connectivity index (χ0) is 18.6. The molecule has 0 saturated carbocycles. The maximum Gasteiger partial charge on any atom is 0.252 e. The fourth-order valence-corrected chi connectivity index (χ4v) is 3.24. The van der Waals surface area contributed by atoms with E-state index in [1.165, 1.54) is 7.11 Å². The van der Waals surface area contributed by atoms with Crippen LogP contribution in [0.1, 0.15) is 40.5 Å². The molecule has 0 aromatic carbocycles. The summed E-state index contributed by atoms with van der Waals surface area (Å²) in [5, 5.41) is 3.09. The largest absolute Gasteiger partial charge is 0.481 e. The van der Waals surface area contributed by atoms with E-state index in [1.54, 1.807) is 30.7 Å². The number of rotatable bonds is 4. The van der Waals surface area contributed by atoms with Gasteiger partial charge in [-0.1, -0.05) is 0 Å². The summed E-state index contributed by atoms with van der Waals surface area (Å²) in [6, 6.07) is 6.97. The fourth-order valence-electron chi connectivity index (χ4n) is 3.24. The van der Waals surface area contributed by atoms with Crippen LogP contribution in [0.3, 0.4) is 0 Å². The first-order valence-corrected chi connectivity index (χ1v) is 8.81. The van der Waals surface area contributed by atoms with Crippen LogP contribution in [0.5, 0.6) is 5.88 Å². The molecular formula is C20H19N5O2. The van der Waals surface area contributed by atoms with Crippen LogP contribution in [-0.4, -0.2) is 33.0 Å². The van der Waals surface area contributed by atoms with E-state index in [-0.39, 0.29) is 11.9 Å². The Morgan fingerprint density at radius 1 is 1.19 bits per heavy atom. The molecule has 1 amide bonds. The van der Waals surface area contributed by atoms with Gasteiger partial charge < -0.3 is 10.1 Å². The van der Waals surface area contributed by atoms with Gasteiger partial charge in [0.25, 0.3) is 5.91 Å². The standard InChI is InChI=1S/C20H19N5O2/c1-27-18-11-14(7-10-22-18)20(26)25-17-4-2-3-16-15(17)12-23-19(24-16)13-5-8-21-9-6-13/h5-12,17H,2-4H2,1H3,(H,25,26)/t17-/m1/s1. The van der Waals surface area contributed by atoms with Crippen molar-refractivity contribution in [3.05, 3.63) is 65.9 Å². The molecule has 3 heterocycles. The molecule has 3 aromatic heterocycles. The summed E-state index contributed by atoms with van der Waals surface area (Å²) in [5.74, 6) is 0.936. The van der Waals surface area contributed by atoms with Crippen molar-refractivity contribution in [1.82, 2.24) is 25.3 Å². The quantitative estimate of drug-likeness (QED) is 0.768. The van der Waals surface area contributed by atoms with Crippen LogP contribution in [0.25, 0.3) is 11.4 Å². The van der Waals surface area contributed by atoms with Crippen LogP contribution >= 0.6 is 0 Å². The number of hydrogen-bond donors (Lipinski definition) is 1. The number of aryl methyl sites for hydroxylation is 1. The molecule has 7 nitrogen and oxygen atoms in total. The van der Waals surface area contributed by atoms with Crippen molar-refractivity contribution in [1.29, 1.82) is 0 Å². The van der Waals surface area contributed by atoms with Crippen molar-refractivity contribution in [2.24, 2.45) is 0 Å². The van der Waals surface area contributed by atoms with E-state index in [9.17, 15) is 4.79 Å². The molecule has 0 spiro atoms. The molecule has 0 unspecified atom stereocenters. The Bertz CT molecular complexity index is 962. The predicted molar refractivity (Wildman–Crippen MR) is 99.2 cm³/mol. The van der Waals surface area contributed by atoms with Crippen molar-refractivity contribution in [3.8, 4) is 17.3 Å². The summed E-state index contributed by atoms with van der Waals surface area (Å²) >= 11 is 0. The molecule has 4 rings (SSSR count). The molecule has 7 heteroatoms. The zero-order valence-corrected chi connectivity index (χ0v) is 14.9. The highest BCUT2D eigenvalue weighted by molar-refractivity contribution is 5.94. The van der Waals surface area contributed by atoms with Gasteiger partial charge in [-0.2, -0.15) is 0 Å². The molecular weight excluding hydrogens is 342 g/mol. The molecule has 1 aliphatic carbocycles. The highest BCUT2D eigenvalue weighted by atomic mass is 16.5. The van der Waals surface area contributed by atoms with Crippen molar-refractivity contribution in [2.75, 3.05) is 7.11 Å². The number of hydrogen-bond acceptors (Lipinski definition) is 6. The van der Waals surface area contributed by atoms with Gasteiger partial charge in [-0.05, 0) is 37.5 Å². The number of carbonyl (C=O) groups is 1. The van der Waals surface area contributed by atoms with E-state index in [1.807, 2.05) is 18.3 Å². The summed E-state index contributed by atoms with van der Waals surface area (Å²) < 4.78 is 5.09.